The Kier molecular flexibility index (Phi) is 3.45. The van der Waals surface area contributed by atoms with Crippen molar-refractivity contribution in [3.8, 4) is 5.75 Å². The van der Waals surface area contributed by atoms with Crippen LogP contribution in [0, 0.1) is 6.92 Å². The summed E-state index contributed by atoms with van der Waals surface area (Å²) < 4.78 is 5.87. The van der Waals surface area contributed by atoms with Gasteiger partial charge in [0.1, 0.15) is 12.4 Å². The number of halogens is 1. The summed E-state index contributed by atoms with van der Waals surface area (Å²) in [6.45, 7) is 2.54. The van der Waals surface area contributed by atoms with E-state index in [9.17, 15) is 0 Å². The first-order valence-corrected chi connectivity index (χ1v) is 7.22. The molecular weight excluding hydrogens is 270 g/mol. The Balaban J connectivity index is 1.80. The third-order valence-electron chi connectivity index (χ3n) is 3.82. The topological polar surface area (TPSA) is 35.2 Å². The maximum absolute atomic E-state index is 6.35. The molecule has 1 aliphatic rings. The third-order valence-corrected chi connectivity index (χ3v) is 4.10. The minimum atomic E-state index is -0.160. The zero-order valence-corrected chi connectivity index (χ0v) is 12.3. The first kappa shape index (κ1) is 13.5. The molecule has 0 bridgehead atoms. The largest absolute Gasteiger partial charge is 0.487 e. The van der Waals surface area contributed by atoms with E-state index < -0.39 is 0 Å². The standard InChI is InChI=1S/C17H18ClNO/c1-12-9-14(17(19)7-8-17)10-15(18)16(12)20-11-13-5-3-2-4-6-13/h2-6,9-10H,7-8,11,19H2,1H3. The predicted molar refractivity (Wildman–Crippen MR) is 82.1 cm³/mol. The maximum atomic E-state index is 6.35. The molecule has 0 heterocycles. The second-order valence-corrected chi connectivity index (χ2v) is 5.94. The first-order chi connectivity index (χ1) is 9.58. The summed E-state index contributed by atoms with van der Waals surface area (Å²) in [6.07, 6.45) is 2.07. The molecule has 3 heteroatoms. The van der Waals surface area contributed by atoms with E-state index in [0.29, 0.717) is 11.6 Å². The lowest BCUT2D eigenvalue weighted by Gasteiger charge is -2.16. The molecule has 1 aliphatic carbocycles. The molecule has 3 rings (SSSR count). The van der Waals surface area contributed by atoms with Gasteiger partial charge in [0.15, 0.2) is 0 Å². The van der Waals surface area contributed by atoms with Crippen LogP contribution in [0.5, 0.6) is 5.75 Å². The van der Waals surface area contributed by atoms with Crippen molar-refractivity contribution in [2.45, 2.75) is 31.9 Å². The lowest BCUT2D eigenvalue weighted by atomic mass is 10.0. The second-order valence-electron chi connectivity index (χ2n) is 5.53. The van der Waals surface area contributed by atoms with E-state index >= 15 is 0 Å². The lowest BCUT2D eigenvalue weighted by molar-refractivity contribution is 0.304. The number of aryl methyl sites for hydroxylation is 1. The molecule has 0 aromatic heterocycles. The van der Waals surface area contributed by atoms with Crippen LogP contribution in [0.3, 0.4) is 0 Å². The Morgan fingerprint density at radius 1 is 1.20 bits per heavy atom. The van der Waals surface area contributed by atoms with Crippen LogP contribution in [-0.4, -0.2) is 0 Å². The van der Waals surface area contributed by atoms with Crippen molar-refractivity contribution in [1.82, 2.24) is 0 Å². The van der Waals surface area contributed by atoms with Gasteiger partial charge in [-0.15, -0.1) is 0 Å². The highest BCUT2D eigenvalue weighted by Gasteiger charge is 2.40. The highest BCUT2D eigenvalue weighted by molar-refractivity contribution is 6.32. The summed E-state index contributed by atoms with van der Waals surface area (Å²) >= 11 is 6.35. The molecule has 0 aliphatic heterocycles. The van der Waals surface area contributed by atoms with Gasteiger partial charge in [-0.3, -0.25) is 0 Å². The van der Waals surface area contributed by atoms with Gasteiger partial charge in [-0.05, 0) is 42.5 Å². The molecule has 0 radical (unpaired) electrons. The molecule has 2 aromatic carbocycles. The predicted octanol–water partition coefficient (Wildman–Crippen LogP) is 4.18. The molecule has 0 saturated heterocycles. The second kappa shape index (κ2) is 5.12. The van der Waals surface area contributed by atoms with Gasteiger partial charge in [-0.2, -0.15) is 0 Å². The summed E-state index contributed by atoms with van der Waals surface area (Å²) in [5.74, 6) is 0.753. The van der Waals surface area contributed by atoms with Crippen LogP contribution in [-0.2, 0) is 12.1 Å². The van der Waals surface area contributed by atoms with Gasteiger partial charge in [-0.1, -0.05) is 48.0 Å². The van der Waals surface area contributed by atoms with Crippen LogP contribution in [0.15, 0.2) is 42.5 Å². The number of rotatable bonds is 4. The Labute approximate surface area is 124 Å². The number of hydrogen-bond acceptors (Lipinski definition) is 2. The van der Waals surface area contributed by atoms with Gasteiger partial charge in [0.05, 0.1) is 5.02 Å². The van der Waals surface area contributed by atoms with Crippen molar-refractivity contribution < 1.29 is 4.74 Å². The zero-order chi connectivity index (χ0) is 14.2. The van der Waals surface area contributed by atoms with Crippen LogP contribution in [0.25, 0.3) is 0 Å². The number of hydrogen-bond donors (Lipinski definition) is 1. The molecule has 104 valence electrons. The number of ether oxygens (including phenoxy) is 1. The van der Waals surface area contributed by atoms with Crippen molar-refractivity contribution in [3.63, 3.8) is 0 Å². The Morgan fingerprint density at radius 2 is 1.90 bits per heavy atom. The Bertz CT molecular complexity index is 597. The van der Waals surface area contributed by atoms with Gasteiger partial charge >= 0.3 is 0 Å². The Hall–Kier alpha value is -1.51. The van der Waals surface area contributed by atoms with Crippen molar-refractivity contribution in [2.24, 2.45) is 5.73 Å². The lowest BCUT2D eigenvalue weighted by Crippen LogP contribution is -2.18. The number of nitrogens with two attached hydrogens (primary N) is 1. The molecule has 1 saturated carbocycles. The fraction of sp³-hybridized carbons (Fsp3) is 0.294. The maximum Gasteiger partial charge on any atom is 0.141 e. The van der Waals surface area contributed by atoms with E-state index in [4.69, 9.17) is 22.1 Å². The average molecular weight is 288 g/mol. The fourth-order valence-corrected chi connectivity index (χ4v) is 2.68. The molecule has 0 amide bonds. The van der Waals surface area contributed by atoms with Crippen LogP contribution in [0.1, 0.15) is 29.5 Å². The van der Waals surface area contributed by atoms with Crippen molar-refractivity contribution in [1.29, 1.82) is 0 Å². The molecule has 0 unspecified atom stereocenters. The van der Waals surface area contributed by atoms with Crippen LogP contribution >= 0.6 is 11.6 Å². The van der Waals surface area contributed by atoms with Gasteiger partial charge in [-0.25, -0.2) is 0 Å². The third kappa shape index (κ3) is 2.67. The van der Waals surface area contributed by atoms with Gasteiger partial charge < -0.3 is 10.5 Å². The SMILES string of the molecule is Cc1cc(C2(N)CC2)cc(Cl)c1OCc1ccccc1. The molecule has 2 N–H and O–H groups in total. The van der Waals surface area contributed by atoms with E-state index in [0.717, 1.165) is 35.3 Å². The number of benzene rings is 2. The molecule has 1 fully saturated rings. The summed E-state index contributed by atoms with van der Waals surface area (Å²) in [6, 6.07) is 14.1. The molecule has 2 aromatic rings. The monoisotopic (exact) mass is 287 g/mol. The normalized spacial score (nSPS) is 15.9. The quantitative estimate of drug-likeness (QED) is 0.916. The summed E-state index contributed by atoms with van der Waals surface area (Å²) in [4.78, 5) is 0. The summed E-state index contributed by atoms with van der Waals surface area (Å²) in [7, 11) is 0. The molecule has 0 atom stereocenters. The summed E-state index contributed by atoms with van der Waals surface area (Å²) in [5.41, 5.74) is 9.35. The zero-order valence-electron chi connectivity index (χ0n) is 11.5. The molecule has 2 nitrogen and oxygen atoms in total. The highest BCUT2D eigenvalue weighted by Crippen LogP contribution is 2.45. The van der Waals surface area contributed by atoms with E-state index in [1.54, 1.807) is 0 Å². The van der Waals surface area contributed by atoms with Gasteiger partial charge in [0.25, 0.3) is 0 Å². The van der Waals surface area contributed by atoms with Crippen LogP contribution in [0.2, 0.25) is 5.02 Å². The van der Waals surface area contributed by atoms with E-state index in [1.807, 2.05) is 43.3 Å². The van der Waals surface area contributed by atoms with E-state index in [-0.39, 0.29) is 5.54 Å². The van der Waals surface area contributed by atoms with Crippen LogP contribution < -0.4 is 10.5 Å². The highest BCUT2D eigenvalue weighted by atomic mass is 35.5. The van der Waals surface area contributed by atoms with Crippen molar-refractivity contribution >= 4 is 11.6 Å². The average Bonchev–Trinajstić information content (AvgIpc) is 3.18. The fourth-order valence-electron chi connectivity index (χ4n) is 2.35. The van der Waals surface area contributed by atoms with Crippen molar-refractivity contribution in [3.05, 3.63) is 64.2 Å². The minimum absolute atomic E-state index is 0.160. The minimum Gasteiger partial charge on any atom is -0.487 e. The van der Waals surface area contributed by atoms with Gasteiger partial charge in [0.2, 0.25) is 0 Å². The first-order valence-electron chi connectivity index (χ1n) is 6.85. The smallest absolute Gasteiger partial charge is 0.141 e. The van der Waals surface area contributed by atoms with Crippen molar-refractivity contribution in [2.75, 3.05) is 0 Å². The molecule has 0 spiro atoms. The van der Waals surface area contributed by atoms with Crippen LogP contribution in [0.4, 0.5) is 0 Å². The van der Waals surface area contributed by atoms with Gasteiger partial charge in [0, 0.05) is 5.54 Å². The molecule has 20 heavy (non-hydrogen) atoms. The Morgan fingerprint density at radius 3 is 2.50 bits per heavy atom. The van der Waals surface area contributed by atoms with E-state index in [2.05, 4.69) is 6.07 Å². The van der Waals surface area contributed by atoms with E-state index in [1.165, 1.54) is 0 Å². The summed E-state index contributed by atoms with van der Waals surface area (Å²) in [5, 5.41) is 0.646. The molecular formula is C17H18ClNO.